The second-order valence-corrected chi connectivity index (χ2v) is 2.51. The van der Waals surface area contributed by atoms with Crippen molar-refractivity contribution in [2.24, 2.45) is 0 Å². The van der Waals surface area contributed by atoms with Crippen LogP contribution in [0.4, 0.5) is 0 Å². The lowest BCUT2D eigenvalue weighted by Gasteiger charge is -2.00. The molecule has 0 aromatic heterocycles. The first-order valence-corrected chi connectivity index (χ1v) is 3.59. The number of carbonyl (C=O) groups excluding carboxylic acids is 2. The highest BCUT2D eigenvalue weighted by atomic mass is 16.5. The normalized spacial score (nSPS) is 16.8. The maximum Gasteiger partial charge on any atom is 0.307 e. The zero-order valence-electron chi connectivity index (χ0n) is 6.42. The molecular formula is C8H10O3. The molecule has 0 N–H and O–H groups in total. The second kappa shape index (κ2) is 3.32. The van der Waals surface area contributed by atoms with Gasteiger partial charge in [0.25, 0.3) is 0 Å². The van der Waals surface area contributed by atoms with Gasteiger partial charge in [-0.15, -0.1) is 0 Å². The van der Waals surface area contributed by atoms with E-state index in [1.54, 1.807) is 0 Å². The predicted molar refractivity (Wildman–Crippen MR) is 38.7 cm³/mol. The number of rotatable bonds is 2. The van der Waals surface area contributed by atoms with Crippen molar-refractivity contribution in [2.75, 3.05) is 0 Å². The van der Waals surface area contributed by atoms with Crippen molar-refractivity contribution in [3.8, 4) is 0 Å². The van der Waals surface area contributed by atoms with Gasteiger partial charge in [0.1, 0.15) is 12.0 Å². The average molecular weight is 154 g/mol. The third-order valence-electron chi connectivity index (χ3n) is 1.62. The average Bonchev–Trinajstić information content (AvgIpc) is 2.34. The van der Waals surface area contributed by atoms with Crippen molar-refractivity contribution < 1.29 is 14.3 Å². The van der Waals surface area contributed by atoms with Crippen molar-refractivity contribution in [1.29, 1.82) is 0 Å². The van der Waals surface area contributed by atoms with Gasteiger partial charge in [0.05, 0.1) is 0 Å². The van der Waals surface area contributed by atoms with Gasteiger partial charge in [-0.2, -0.15) is 0 Å². The van der Waals surface area contributed by atoms with Crippen LogP contribution in [0.3, 0.4) is 0 Å². The van der Waals surface area contributed by atoms with Crippen LogP contribution in [-0.2, 0) is 14.3 Å². The van der Waals surface area contributed by atoms with Crippen LogP contribution in [0.1, 0.15) is 26.2 Å². The minimum Gasteiger partial charge on any atom is -0.431 e. The Morgan fingerprint density at radius 3 is 2.82 bits per heavy atom. The van der Waals surface area contributed by atoms with Crippen LogP contribution in [0.2, 0.25) is 0 Å². The highest BCUT2D eigenvalue weighted by molar-refractivity contribution is 5.76. The lowest BCUT2D eigenvalue weighted by molar-refractivity contribution is -0.137. The number of allylic oxidation sites excluding steroid dienone is 2. The fourth-order valence-corrected chi connectivity index (χ4v) is 1.15. The Balaban J connectivity index is 2.67. The van der Waals surface area contributed by atoms with Crippen molar-refractivity contribution in [2.45, 2.75) is 26.2 Å². The van der Waals surface area contributed by atoms with Crippen molar-refractivity contribution in [1.82, 2.24) is 0 Å². The van der Waals surface area contributed by atoms with E-state index in [9.17, 15) is 9.59 Å². The van der Waals surface area contributed by atoms with E-state index in [4.69, 9.17) is 4.74 Å². The molecule has 0 fully saturated rings. The summed E-state index contributed by atoms with van der Waals surface area (Å²) in [4.78, 5) is 20.8. The standard InChI is InChI=1S/C8H10O3/c1-6(10)11-8-4-2-3-7(8)5-9/h5H,2-4H2,1H3. The fraction of sp³-hybridized carbons (Fsp3) is 0.500. The number of hydrogen-bond donors (Lipinski definition) is 0. The number of esters is 1. The highest BCUT2D eigenvalue weighted by Crippen LogP contribution is 2.25. The van der Waals surface area contributed by atoms with Gasteiger partial charge in [0, 0.05) is 18.9 Å². The first kappa shape index (κ1) is 7.98. The molecule has 1 aliphatic rings. The lowest BCUT2D eigenvalue weighted by Crippen LogP contribution is -1.98. The summed E-state index contributed by atoms with van der Waals surface area (Å²) in [6.07, 6.45) is 3.14. The third-order valence-corrected chi connectivity index (χ3v) is 1.62. The summed E-state index contributed by atoms with van der Waals surface area (Å²) in [6, 6.07) is 0. The van der Waals surface area contributed by atoms with Crippen LogP contribution in [0.15, 0.2) is 11.3 Å². The van der Waals surface area contributed by atoms with Gasteiger partial charge in [0.15, 0.2) is 0 Å². The van der Waals surface area contributed by atoms with Crippen LogP contribution in [0.5, 0.6) is 0 Å². The molecule has 0 bridgehead atoms. The van der Waals surface area contributed by atoms with Gasteiger partial charge in [-0.3, -0.25) is 9.59 Å². The Labute approximate surface area is 65.0 Å². The number of aldehydes is 1. The second-order valence-electron chi connectivity index (χ2n) is 2.51. The van der Waals surface area contributed by atoms with Crippen LogP contribution in [0, 0.1) is 0 Å². The molecule has 3 heteroatoms. The molecule has 3 nitrogen and oxygen atoms in total. The van der Waals surface area contributed by atoms with Crippen LogP contribution in [0.25, 0.3) is 0 Å². The zero-order chi connectivity index (χ0) is 8.27. The summed E-state index contributed by atoms with van der Waals surface area (Å²) in [5.74, 6) is 0.216. The summed E-state index contributed by atoms with van der Waals surface area (Å²) in [5, 5.41) is 0. The van der Waals surface area contributed by atoms with Gasteiger partial charge in [-0.25, -0.2) is 0 Å². The summed E-state index contributed by atoms with van der Waals surface area (Å²) in [7, 11) is 0. The summed E-state index contributed by atoms with van der Waals surface area (Å²) in [6.45, 7) is 1.34. The van der Waals surface area contributed by atoms with E-state index in [0.29, 0.717) is 17.8 Å². The van der Waals surface area contributed by atoms with Gasteiger partial charge < -0.3 is 4.74 Å². The number of hydrogen-bond acceptors (Lipinski definition) is 3. The van der Waals surface area contributed by atoms with Crippen LogP contribution in [-0.4, -0.2) is 12.3 Å². The van der Waals surface area contributed by atoms with Crippen molar-refractivity contribution in [3.63, 3.8) is 0 Å². The molecular weight excluding hydrogens is 144 g/mol. The van der Waals surface area contributed by atoms with E-state index in [0.717, 1.165) is 19.1 Å². The Hall–Kier alpha value is -1.12. The molecule has 0 spiro atoms. The fourth-order valence-electron chi connectivity index (χ4n) is 1.15. The Morgan fingerprint density at radius 2 is 2.27 bits per heavy atom. The largest absolute Gasteiger partial charge is 0.431 e. The molecule has 0 saturated heterocycles. The first-order chi connectivity index (χ1) is 5.24. The van der Waals surface area contributed by atoms with Crippen LogP contribution >= 0.6 is 0 Å². The van der Waals surface area contributed by atoms with Crippen molar-refractivity contribution >= 4 is 12.3 Å². The van der Waals surface area contributed by atoms with Gasteiger partial charge >= 0.3 is 5.97 Å². The van der Waals surface area contributed by atoms with E-state index in [1.165, 1.54) is 6.92 Å². The Kier molecular flexibility index (Phi) is 2.41. The molecule has 0 aromatic carbocycles. The molecule has 0 radical (unpaired) electrons. The molecule has 0 heterocycles. The Bertz CT molecular complexity index is 215. The smallest absolute Gasteiger partial charge is 0.307 e. The monoisotopic (exact) mass is 154 g/mol. The lowest BCUT2D eigenvalue weighted by atomic mass is 10.3. The molecule has 1 rings (SSSR count). The SMILES string of the molecule is CC(=O)OC1=C(C=O)CCC1. The van der Waals surface area contributed by atoms with E-state index < -0.39 is 0 Å². The molecule has 0 atom stereocenters. The van der Waals surface area contributed by atoms with E-state index in [1.807, 2.05) is 0 Å². The Morgan fingerprint density at radius 1 is 1.55 bits per heavy atom. The highest BCUT2D eigenvalue weighted by Gasteiger charge is 2.16. The maximum atomic E-state index is 10.5. The number of carbonyl (C=O) groups is 2. The van der Waals surface area contributed by atoms with Crippen LogP contribution < -0.4 is 0 Å². The maximum absolute atomic E-state index is 10.5. The molecule has 0 aromatic rings. The zero-order valence-corrected chi connectivity index (χ0v) is 6.42. The molecule has 11 heavy (non-hydrogen) atoms. The summed E-state index contributed by atoms with van der Waals surface area (Å²) >= 11 is 0. The van der Waals surface area contributed by atoms with Gasteiger partial charge in [-0.05, 0) is 12.8 Å². The topological polar surface area (TPSA) is 43.4 Å². The minimum atomic E-state index is -0.346. The summed E-state index contributed by atoms with van der Waals surface area (Å²) < 4.78 is 4.82. The molecule has 1 aliphatic carbocycles. The molecule has 60 valence electrons. The molecule has 0 amide bonds. The van der Waals surface area contributed by atoms with E-state index in [-0.39, 0.29) is 5.97 Å². The predicted octanol–water partition coefficient (Wildman–Crippen LogP) is 1.19. The number of ether oxygens (including phenoxy) is 1. The van der Waals surface area contributed by atoms with E-state index in [2.05, 4.69) is 0 Å². The van der Waals surface area contributed by atoms with Crippen molar-refractivity contribution in [3.05, 3.63) is 11.3 Å². The molecule has 0 unspecified atom stereocenters. The first-order valence-electron chi connectivity index (χ1n) is 3.59. The van der Waals surface area contributed by atoms with Gasteiger partial charge in [-0.1, -0.05) is 0 Å². The molecule has 0 saturated carbocycles. The minimum absolute atomic E-state index is 0.346. The van der Waals surface area contributed by atoms with E-state index >= 15 is 0 Å². The quantitative estimate of drug-likeness (QED) is 0.443. The molecule has 0 aliphatic heterocycles. The van der Waals surface area contributed by atoms with Gasteiger partial charge in [0.2, 0.25) is 0 Å². The summed E-state index contributed by atoms with van der Waals surface area (Å²) in [5.41, 5.74) is 0.639. The third kappa shape index (κ3) is 1.90.